The van der Waals surface area contributed by atoms with Crippen LogP contribution in [0.1, 0.15) is 178 Å². The van der Waals surface area contributed by atoms with Gasteiger partial charge in [0.2, 0.25) is 0 Å². The summed E-state index contributed by atoms with van der Waals surface area (Å²) in [7, 11) is 0. The molecule has 0 amide bonds. The molecule has 4 rings (SSSR count). The molecule has 328 valence electrons. The van der Waals surface area contributed by atoms with Crippen molar-refractivity contribution in [3.05, 3.63) is 124 Å². The minimum atomic E-state index is -2.73. The second-order valence-corrected chi connectivity index (χ2v) is 18.5. The van der Waals surface area contributed by atoms with Crippen LogP contribution >= 0.6 is 0 Å². The van der Waals surface area contributed by atoms with E-state index in [4.69, 9.17) is 14.5 Å². The molecule has 1 atom stereocenters. The third-order valence-corrected chi connectivity index (χ3v) is 11.5. The Bertz CT molecular complexity index is 1830. The molecule has 4 aromatic rings. The van der Waals surface area contributed by atoms with Crippen molar-refractivity contribution in [2.75, 3.05) is 13.2 Å². The Morgan fingerprint density at radius 1 is 0.617 bits per heavy atom. The first-order valence-corrected chi connectivity index (χ1v) is 22.6. The van der Waals surface area contributed by atoms with Crippen LogP contribution in [-0.4, -0.2) is 35.7 Å². The lowest BCUT2D eigenvalue weighted by atomic mass is 9.73. The van der Waals surface area contributed by atoms with Gasteiger partial charge in [0.25, 0.3) is 6.43 Å². The molecular formula is C53H73F2NO4. The standard InChI is InChI=1S/C53H73F2NO4/c1-9-11-13-15-17-22-32-59-47-30-27-42(51(3,4)5)36-44(47)53(58,45-37-43(52(6,7)8)28-31-48(45)60-33-23-18-16-14-12-10-2)49(34-39-24-20-19-21-25-39)56-38-41-35-40(50(54)55)26-29-46(41)57/h19-21,24-31,35-38,49-50,57-58H,9-18,22-23,32-34H2,1-8H3. The van der Waals surface area contributed by atoms with Gasteiger partial charge in [-0.15, -0.1) is 0 Å². The molecule has 4 aromatic carbocycles. The van der Waals surface area contributed by atoms with Gasteiger partial charge < -0.3 is 19.7 Å². The van der Waals surface area contributed by atoms with Gasteiger partial charge in [0.15, 0.2) is 0 Å². The van der Waals surface area contributed by atoms with Gasteiger partial charge in [-0.05, 0) is 89.2 Å². The number of hydrogen-bond acceptors (Lipinski definition) is 5. The zero-order chi connectivity index (χ0) is 43.8. The summed E-state index contributed by atoms with van der Waals surface area (Å²) in [5, 5.41) is 25.2. The molecule has 0 saturated heterocycles. The molecule has 0 aromatic heterocycles. The highest BCUT2D eigenvalue weighted by atomic mass is 19.3. The summed E-state index contributed by atoms with van der Waals surface area (Å²) in [6.07, 6.45) is 12.3. The van der Waals surface area contributed by atoms with Gasteiger partial charge in [-0.1, -0.05) is 162 Å². The van der Waals surface area contributed by atoms with Gasteiger partial charge in [-0.25, -0.2) is 8.78 Å². The molecule has 7 heteroatoms. The van der Waals surface area contributed by atoms with Crippen molar-refractivity contribution >= 4 is 6.21 Å². The number of rotatable bonds is 24. The zero-order valence-electron chi connectivity index (χ0n) is 37.8. The van der Waals surface area contributed by atoms with Gasteiger partial charge in [-0.3, -0.25) is 4.99 Å². The van der Waals surface area contributed by atoms with Gasteiger partial charge in [0, 0.05) is 28.5 Å². The molecule has 2 N–H and O–H groups in total. The van der Waals surface area contributed by atoms with Crippen LogP contribution in [0.4, 0.5) is 8.78 Å². The van der Waals surface area contributed by atoms with Crippen molar-refractivity contribution in [1.82, 2.24) is 0 Å². The first kappa shape index (κ1) is 48.4. The summed E-state index contributed by atoms with van der Waals surface area (Å²) in [6.45, 7) is 18.3. The van der Waals surface area contributed by atoms with Crippen LogP contribution in [0.5, 0.6) is 17.2 Å². The third kappa shape index (κ3) is 13.9. The molecule has 0 spiro atoms. The molecule has 0 fully saturated rings. The highest BCUT2D eigenvalue weighted by Crippen LogP contribution is 2.47. The van der Waals surface area contributed by atoms with Crippen LogP contribution < -0.4 is 9.47 Å². The van der Waals surface area contributed by atoms with E-state index in [0.717, 1.165) is 55.2 Å². The van der Waals surface area contributed by atoms with Crippen LogP contribution in [-0.2, 0) is 22.9 Å². The summed E-state index contributed by atoms with van der Waals surface area (Å²) >= 11 is 0. The second kappa shape index (κ2) is 23.1. The lowest BCUT2D eigenvalue weighted by Gasteiger charge is -2.39. The molecule has 0 aliphatic heterocycles. The van der Waals surface area contributed by atoms with E-state index in [-0.39, 0.29) is 34.1 Å². The number of alkyl halides is 2. The molecule has 0 bridgehead atoms. The number of aliphatic imine (C=N–C) groups is 1. The molecule has 60 heavy (non-hydrogen) atoms. The summed E-state index contributed by atoms with van der Waals surface area (Å²) < 4.78 is 41.4. The van der Waals surface area contributed by atoms with E-state index in [0.29, 0.717) is 35.8 Å². The first-order chi connectivity index (χ1) is 28.6. The highest BCUT2D eigenvalue weighted by Gasteiger charge is 2.46. The zero-order valence-corrected chi connectivity index (χ0v) is 37.8. The Hall–Kier alpha value is -4.23. The van der Waals surface area contributed by atoms with Crippen LogP contribution in [0.3, 0.4) is 0 Å². The number of benzene rings is 4. The smallest absolute Gasteiger partial charge is 0.263 e. The van der Waals surface area contributed by atoms with Crippen molar-refractivity contribution in [2.45, 2.75) is 168 Å². The first-order valence-electron chi connectivity index (χ1n) is 22.6. The quantitative estimate of drug-likeness (QED) is 0.0545. The Labute approximate surface area is 360 Å². The maximum absolute atomic E-state index is 14.3. The lowest BCUT2D eigenvalue weighted by molar-refractivity contribution is 0.0460. The van der Waals surface area contributed by atoms with Crippen molar-refractivity contribution in [3.63, 3.8) is 0 Å². The predicted molar refractivity (Wildman–Crippen MR) is 246 cm³/mol. The Morgan fingerprint density at radius 2 is 1.10 bits per heavy atom. The van der Waals surface area contributed by atoms with Crippen molar-refractivity contribution in [1.29, 1.82) is 0 Å². The monoisotopic (exact) mass is 826 g/mol. The van der Waals surface area contributed by atoms with E-state index in [1.54, 1.807) is 0 Å². The van der Waals surface area contributed by atoms with E-state index in [9.17, 15) is 19.0 Å². The largest absolute Gasteiger partial charge is 0.507 e. The van der Waals surface area contributed by atoms with Crippen LogP contribution in [0.2, 0.25) is 0 Å². The minimum absolute atomic E-state index is 0.138. The number of phenolic OH excluding ortho intramolecular Hbond substituents is 1. The minimum Gasteiger partial charge on any atom is -0.507 e. The highest BCUT2D eigenvalue weighted by molar-refractivity contribution is 5.84. The molecular weight excluding hydrogens is 753 g/mol. The van der Waals surface area contributed by atoms with Gasteiger partial charge in [0.05, 0.1) is 19.3 Å². The Morgan fingerprint density at radius 3 is 1.57 bits per heavy atom. The number of aromatic hydroxyl groups is 1. The average molecular weight is 826 g/mol. The number of unbranched alkanes of at least 4 members (excludes halogenated alkanes) is 10. The number of hydrogen-bond donors (Lipinski definition) is 2. The number of ether oxygens (including phenoxy) is 2. The van der Waals surface area contributed by atoms with Crippen molar-refractivity contribution in [3.8, 4) is 17.2 Å². The Kier molecular flexibility index (Phi) is 18.7. The molecule has 0 aliphatic rings. The van der Waals surface area contributed by atoms with Crippen LogP contribution in [0, 0.1) is 0 Å². The van der Waals surface area contributed by atoms with Crippen LogP contribution in [0.25, 0.3) is 0 Å². The number of nitrogens with zero attached hydrogens (tertiary/aromatic N) is 1. The van der Waals surface area contributed by atoms with Gasteiger partial charge in [0.1, 0.15) is 22.8 Å². The predicted octanol–water partition coefficient (Wildman–Crippen LogP) is 14.4. The fourth-order valence-corrected chi connectivity index (χ4v) is 7.60. The van der Waals surface area contributed by atoms with Gasteiger partial charge in [-0.2, -0.15) is 0 Å². The third-order valence-electron chi connectivity index (χ3n) is 11.5. The van der Waals surface area contributed by atoms with E-state index >= 15 is 0 Å². The van der Waals surface area contributed by atoms with Crippen molar-refractivity contribution < 1.29 is 28.5 Å². The average Bonchev–Trinajstić information content (AvgIpc) is 3.21. The topological polar surface area (TPSA) is 71.3 Å². The van der Waals surface area contributed by atoms with E-state index in [1.807, 2.05) is 42.5 Å². The SMILES string of the molecule is CCCCCCCCOc1ccc(C(C)(C)C)cc1C(O)(c1cc(C(C)(C)C)ccc1OCCCCCCCC)C(Cc1ccccc1)N=Cc1cc(C(F)F)ccc1O. The summed E-state index contributed by atoms with van der Waals surface area (Å²) in [4.78, 5) is 5.13. The van der Waals surface area contributed by atoms with Crippen molar-refractivity contribution in [2.24, 2.45) is 4.99 Å². The van der Waals surface area contributed by atoms with Gasteiger partial charge >= 0.3 is 0 Å². The number of aliphatic hydroxyl groups is 1. The fraction of sp³-hybridized carbons (Fsp3) is 0.528. The Balaban J connectivity index is 2.02. The molecule has 0 aliphatic carbocycles. The maximum atomic E-state index is 14.3. The van der Waals surface area contributed by atoms with E-state index in [2.05, 4.69) is 79.7 Å². The maximum Gasteiger partial charge on any atom is 0.263 e. The molecule has 1 unspecified atom stereocenters. The lowest BCUT2D eigenvalue weighted by Crippen LogP contribution is -2.42. The normalized spacial score (nSPS) is 13.0. The van der Waals surface area contributed by atoms with E-state index < -0.39 is 18.1 Å². The summed E-state index contributed by atoms with van der Waals surface area (Å²) in [6, 6.07) is 24.9. The fourth-order valence-electron chi connectivity index (χ4n) is 7.60. The number of halogens is 2. The molecule has 0 radical (unpaired) electrons. The summed E-state index contributed by atoms with van der Waals surface area (Å²) in [5.74, 6) is 0.927. The summed E-state index contributed by atoms with van der Waals surface area (Å²) in [5.41, 5.74) is 1.52. The molecule has 0 saturated carbocycles. The molecule has 0 heterocycles. The van der Waals surface area contributed by atoms with E-state index in [1.165, 1.54) is 62.9 Å². The molecule has 5 nitrogen and oxygen atoms in total. The second-order valence-electron chi connectivity index (χ2n) is 18.5. The number of phenols is 1. The van der Waals surface area contributed by atoms with Crippen LogP contribution in [0.15, 0.2) is 89.9 Å².